The molecule has 110 valence electrons. The summed E-state index contributed by atoms with van der Waals surface area (Å²) in [5.41, 5.74) is 0. The molecule has 0 saturated carbocycles. The Bertz CT molecular complexity index is 335. The second kappa shape index (κ2) is 6.23. The van der Waals surface area contributed by atoms with Crippen LogP contribution < -0.4 is 10.6 Å². The fraction of sp³-hybridized carbons (Fsp3) is 0.818. The minimum Gasteiger partial charge on any atom is -0.353 e. The molecule has 0 bridgehead atoms. The van der Waals surface area contributed by atoms with E-state index >= 15 is 0 Å². The maximum atomic E-state index is 12.5. The van der Waals surface area contributed by atoms with Crippen molar-refractivity contribution in [3.63, 3.8) is 0 Å². The first-order valence-electron chi connectivity index (χ1n) is 6.04. The lowest BCUT2D eigenvalue weighted by molar-refractivity contribution is -0.163. The van der Waals surface area contributed by atoms with Gasteiger partial charge in [-0.2, -0.15) is 13.2 Å². The van der Waals surface area contributed by atoms with Crippen LogP contribution in [0.4, 0.5) is 13.2 Å². The highest BCUT2D eigenvalue weighted by Crippen LogP contribution is 2.18. The average Bonchev–Trinajstić information content (AvgIpc) is 2.25. The standard InChI is InChI=1S/C11H18F3N3O2/c1-7(2)5-17(6-11(12,13)14)10(19)8-3-16-9(18)4-15-8/h7-8,15H,3-6H2,1-2H3,(H,16,18). The molecule has 1 aliphatic heterocycles. The van der Waals surface area contributed by atoms with Crippen LogP contribution >= 0.6 is 0 Å². The van der Waals surface area contributed by atoms with Gasteiger partial charge in [-0.3, -0.25) is 14.9 Å². The topological polar surface area (TPSA) is 61.4 Å². The van der Waals surface area contributed by atoms with Gasteiger partial charge in [0.25, 0.3) is 0 Å². The molecule has 1 saturated heterocycles. The normalized spacial score (nSPS) is 20.3. The van der Waals surface area contributed by atoms with E-state index in [0.29, 0.717) is 0 Å². The lowest BCUT2D eigenvalue weighted by Crippen LogP contribution is -2.59. The Balaban J connectivity index is 2.67. The maximum Gasteiger partial charge on any atom is 0.406 e. The Morgan fingerprint density at radius 1 is 1.47 bits per heavy atom. The summed E-state index contributed by atoms with van der Waals surface area (Å²) in [6.07, 6.45) is -4.43. The Morgan fingerprint density at radius 2 is 2.11 bits per heavy atom. The lowest BCUT2D eigenvalue weighted by Gasteiger charge is -2.31. The van der Waals surface area contributed by atoms with E-state index in [1.54, 1.807) is 13.8 Å². The third-order valence-corrected chi connectivity index (χ3v) is 2.58. The molecule has 1 fully saturated rings. The zero-order valence-electron chi connectivity index (χ0n) is 10.9. The first-order chi connectivity index (χ1) is 8.69. The molecule has 1 atom stereocenters. The van der Waals surface area contributed by atoms with Crippen molar-refractivity contribution in [3.8, 4) is 0 Å². The van der Waals surface area contributed by atoms with Gasteiger partial charge in [0.15, 0.2) is 0 Å². The number of hydrogen-bond acceptors (Lipinski definition) is 3. The van der Waals surface area contributed by atoms with Gasteiger partial charge in [0.2, 0.25) is 11.8 Å². The molecule has 5 nitrogen and oxygen atoms in total. The van der Waals surface area contributed by atoms with Gasteiger partial charge in [-0.05, 0) is 5.92 Å². The van der Waals surface area contributed by atoms with E-state index in [9.17, 15) is 22.8 Å². The summed E-state index contributed by atoms with van der Waals surface area (Å²) in [5, 5.41) is 5.09. The number of piperazine rings is 1. The summed E-state index contributed by atoms with van der Waals surface area (Å²) in [6.45, 7) is 2.21. The maximum absolute atomic E-state index is 12.5. The van der Waals surface area contributed by atoms with Gasteiger partial charge in [-0.1, -0.05) is 13.8 Å². The molecule has 19 heavy (non-hydrogen) atoms. The summed E-state index contributed by atoms with van der Waals surface area (Å²) in [7, 11) is 0. The van der Waals surface area contributed by atoms with E-state index in [1.165, 1.54) is 0 Å². The molecule has 0 radical (unpaired) electrons. The fourth-order valence-electron chi connectivity index (χ4n) is 1.85. The van der Waals surface area contributed by atoms with Gasteiger partial charge in [0, 0.05) is 13.1 Å². The van der Waals surface area contributed by atoms with Gasteiger partial charge in [0.05, 0.1) is 6.54 Å². The minimum atomic E-state index is -4.43. The summed E-state index contributed by atoms with van der Waals surface area (Å²) in [5.74, 6) is -0.967. The number of amides is 2. The van der Waals surface area contributed by atoms with Crippen molar-refractivity contribution in [2.24, 2.45) is 5.92 Å². The van der Waals surface area contributed by atoms with E-state index in [2.05, 4.69) is 10.6 Å². The molecule has 2 amide bonds. The fourth-order valence-corrected chi connectivity index (χ4v) is 1.85. The quantitative estimate of drug-likeness (QED) is 0.769. The number of alkyl halides is 3. The number of hydrogen-bond donors (Lipinski definition) is 2. The van der Waals surface area contributed by atoms with Crippen LogP contribution in [-0.2, 0) is 9.59 Å². The second-order valence-electron chi connectivity index (χ2n) is 4.97. The van der Waals surface area contributed by atoms with Crippen molar-refractivity contribution >= 4 is 11.8 Å². The van der Waals surface area contributed by atoms with Crippen LogP contribution in [-0.4, -0.2) is 55.1 Å². The monoisotopic (exact) mass is 281 g/mol. The Morgan fingerprint density at radius 3 is 2.53 bits per heavy atom. The zero-order chi connectivity index (χ0) is 14.6. The third kappa shape index (κ3) is 5.46. The van der Waals surface area contributed by atoms with Crippen LogP contribution in [0.2, 0.25) is 0 Å². The molecule has 0 aromatic heterocycles. The third-order valence-electron chi connectivity index (χ3n) is 2.58. The predicted octanol–water partition coefficient (Wildman–Crippen LogP) is 0.121. The van der Waals surface area contributed by atoms with Crippen LogP contribution in [0.5, 0.6) is 0 Å². The van der Waals surface area contributed by atoms with Crippen LogP contribution in [0.1, 0.15) is 13.8 Å². The molecule has 0 aromatic rings. The van der Waals surface area contributed by atoms with E-state index in [1.807, 2.05) is 0 Å². The summed E-state index contributed by atoms with van der Waals surface area (Å²) < 4.78 is 37.4. The molecule has 0 aromatic carbocycles. The van der Waals surface area contributed by atoms with Crippen molar-refractivity contribution in [2.75, 3.05) is 26.2 Å². The number of carbonyl (C=O) groups excluding carboxylic acids is 2. The highest BCUT2D eigenvalue weighted by molar-refractivity contribution is 5.86. The smallest absolute Gasteiger partial charge is 0.353 e. The van der Waals surface area contributed by atoms with Crippen LogP contribution in [0, 0.1) is 5.92 Å². The molecule has 1 aliphatic rings. The van der Waals surface area contributed by atoms with Gasteiger partial charge in [-0.25, -0.2) is 0 Å². The molecule has 1 unspecified atom stereocenters. The van der Waals surface area contributed by atoms with Gasteiger partial charge in [-0.15, -0.1) is 0 Å². The summed E-state index contributed by atoms with van der Waals surface area (Å²) in [6, 6.07) is -0.793. The first-order valence-corrected chi connectivity index (χ1v) is 6.04. The van der Waals surface area contributed by atoms with Gasteiger partial charge >= 0.3 is 6.18 Å². The number of nitrogens with one attached hydrogen (secondary N) is 2. The van der Waals surface area contributed by atoms with Crippen molar-refractivity contribution in [2.45, 2.75) is 26.1 Å². The molecule has 0 aliphatic carbocycles. The van der Waals surface area contributed by atoms with Crippen LogP contribution in [0.15, 0.2) is 0 Å². The molecule has 1 rings (SSSR count). The van der Waals surface area contributed by atoms with E-state index in [-0.39, 0.29) is 31.5 Å². The van der Waals surface area contributed by atoms with Crippen molar-refractivity contribution < 1.29 is 22.8 Å². The number of nitrogens with zero attached hydrogens (tertiary/aromatic N) is 1. The van der Waals surface area contributed by atoms with E-state index < -0.39 is 24.7 Å². The number of halogens is 3. The largest absolute Gasteiger partial charge is 0.406 e. The van der Waals surface area contributed by atoms with Crippen molar-refractivity contribution in [3.05, 3.63) is 0 Å². The summed E-state index contributed by atoms with van der Waals surface area (Å²) in [4.78, 5) is 23.8. The molecular weight excluding hydrogens is 263 g/mol. The molecule has 0 spiro atoms. The van der Waals surface area contributed by atoms with E-state index in [0.717, 1.165) is 4.90 Å². The zero-order valence-corrected chi connectivity index (χ0v) is 10.9. The minimum absolute atomic E-state index is 0.0180. The molecule has 8 heteroatoms. The SMILES string of the molecule is CC(C)CN(CC(F)(F)F)C(=O)C1CNC(=O)CN1. The van der Waals surface area contributed by atoms with Crippen LogP contribution in [0.3, 0.4) is 0 Å². The Labute approximate surface area is 109 Å². The van der Waals surface area contributed by atoms with Crippen molar-refractivity contribution in [1.82, 2.24) is 15.5 Å². The van der Waals surface area contributed by atoms with Gasteiger partial charge < -0.3 is 10.2 Å². The second-order valence-corrected chi connectivity index (χ2v) is 4.97. The molecule has 2 N–H and O–H groups in total. The number of carbonyl (C=O) groups is 2. The predicted molar refractivity (Wildman–Crippen MR) is 62.3 cm³/mol. The average molecular weight is 281 g/mol. The molecular formula is C11H18F3N3O2. The summed E-state index contributed by atoms with van der Waals surface area (Å²) >= 11 is 0. The number of rotatable bonds is 4. The molecule has 1 heterocycles. The van der Waals surface area contributed by atoms with Crippen LogP contribution in [0.25, 0.3) is 0 Å². The highest BCUT2D eigenvalue weighted by atomic mass is 19.4. The highest BCUT2D eigenvalue weighted by Gasteiger charge is 2.36. The van der Waals surface area contributed by atoms with Gasteiger partial charge in [0.1, 0.15) is 12.6 Å². The van der Waals surface area contributed by atoms with Crippen molar-refractivity contribution in [1.29, 1.82) is 0 Å². The first kappa shape index (κ1) is 15.7. The Hall–Kier alpha value is -1.31. The Kier molecular flexibility index (Phi) is 5.16. The lowest BCUT2D eigenvalue weighted by atomic mass is 10.1. The van der Waals surface area contributed by atoms with E-state index in [4.69, 9.17) is 0 Å².